The zero-order chi connectivity index (χ0) is 15.9. The van der Waals surface area contributed by atoms with E-state index in [0.717, 1.165) is 0 Å². The standard InChI is InChI=1S/C11H16F3NO5/c1-6(2)5-20-9(18)7(3-4-8(16)17)15-10(19)11(12,13)14/h6-7H,3-5H2,1-2H3,(H,15,19)(H,16,17)/t7-/m0/s1. The van der Waals surface area contributed by atoms with E-state index >= 15 is 0 Å². The molecule has 0 radical (unpaired) electrons. The quantitative estimate of drug-likeness (QED) is 0.687. The van der Waals surface area contributed by atoms with E-state index in [1.165, 1.54) is 5.32 Å². The largest absolute Gasteiger partial charge is 0.481 e. The number of alkyl halides is 3. The van der Waals surface area contributed by atoms with E-state index in [4.69, 9.17) is 9.84 Å². The molecule has 1 amide bonds. The van der Waals surface area contributed by atoms with E-state index in [0.29, 0.717) is 0 Å². The molecule has 0 aliphatic carbocycles. The second kappa shape index (κ2) is 7.71. The second-order valence-corrected chi connectivity index (χ2v) is 4.48. The molecule has 20 heavy (non-hydrogen) atoms. The summed E-state index contributed by atoms with van der Waals surface area (Å²) in [5, 5.41) is 9.90. The van der Waals surface area contributed by atoms with Crippen molar-refractivity contribution in [2.75, 3.05) is 6.61 Å². The van der Waals surface area contributed by atoms with Crippen LogP contribution in [0.25, 0.3) is 0 Å². The van der Waals surface area contributed by atoms with Gasteiger partial charge in [0, 0.05) is 6.42 Å². The first-order valence-corrected chi connectivity index (χ1v) is 5.80. The molecule has 0 aromatic rings. The molecular formula is C11H16F3NO5. The highest BCUT2D eigenvalue weighted by Gasteiger charge is 2.41. The van der Waals surface area contributed by atoms with Crippen molar-refractivity contribution in [3.8, 4) is 0 Å². The molecule has 0 aromatic carbocycles. The summed E-state index contributed by atoms with van der Waals surface area (Å²) in [5.41, 5.74) is 0. The lowest BCUT2D eigenvalue weighted by Crippen LogP contribution is -2.47. The summed E-state index contributed by atoms with van der Waals surface area (Å²) in [6, 6.07) is -1.64. The van der Waals surface area contributed by atoms with Crippen LogP contribution < -0.4 is 5.32 Å². The number of aliphatic carboxylic acids is 1. The smallest absolute Gasteiger partial charge is 0.471 e. The average Bonchev–Trinajstić information content (AvgIpc) is 2.29. The van der Waals surface area contributed by atoms with Crippen molar-refractivity contribution >= 4 is 17.8 Å². The number of rotatable bonds is 7. The number of esters is 1. The summed E-state index contributed by atoms with van der Waals surface area (Å²) in [5.74, 6) is -4.74. The minimum absolute atomic E-state index is 0.0374. The maximum absolute atomic E-state index is 12.1. The van der Waals surface area contributed by atoms with Crippen molar-refractivity contribution in [1.29, 1.82) is 0 Å². The summed E-state index contributed by atoms with van der Waals surface area (Å²) in [6.07, 6.45) is -6.20. The fourth-order valence-corrected chi connectivity index (χ4v) is 1.11. The Labute approximate surface area is 113 Å². The number of carbonyl (C=O) groups excluding carboxylic acids is 2. The van der Waals surface area contributed by atoms with Crippen LogP contribution in [0.5, 0.6) is 0 Å². The summed E-state index contributed by atoms with van der Waals surface area (Å²) < 4.78 is 41.0. The number of nitrogens with one attached hydrogen (secondary N) is 1. The first-order valence-electron chi connectivity index (χ1n) is 5.80. The molecule has 0 rings (SSSR count). The van der Waals surface area contributed by atoms with Crippen LogP contribution in [0.3, 0.4) is 0 Å². The Morgan fingerprint density at radius 1 is 1.25 bits per heavy atom. The van der Waals surface area contributed by atoms with Gasteiger partial charge < -0.3 is 15.2 Å². The number of amides is 1. The molecule has 116 valence electrons. The van der Waals surface area contributed by atoms with Gasteiger partial charge in [-0.3, -0.25) is 9.59 Å². The van der Waals surface area contributed by atoms with Gasteiger partial charge in [0.25, 0.3) is 0 Å². The molecule has 0 saturated carbocycles. The average molecular weight is 299 g/mol. The van der Waals surface area contributed by atoms with Crippen LogP contribution >= 0.6 is 0 Å². The number of carboxylic acids is 1. The summed E-state index contributed by atoms with van der Waals surface area (Å²) in [4.78, 5) is 32.7. The number of hydrogen-bond acceptors (Lipinski definition) is 4. The minimum Gasteiger partial charge on any atom is -0.481 e. The molecule has 0 saturated heterocycles. The van der Waals surface area contributed by atoms with E-state index in [-0.39, 0.29) is 12.5 Å². The highest BCUT2D eigenvalue weighted by molar-refractivity contribution is 5.87. The van der Waals surface area contributed by atoms with E-state index in [1.54, 1.807) is 13.8 Å². The van der Waals surface area contributed by atoms with Gasteiger partial charge in [-0.15, -0.1) is 0 Å². The Hall–Kier alpha value is -1.80. The van der Waals surface area contributed by atoms with Crippen LogP contribution in [0.1, 0.15) is 26.7 Å². The molecule has 0 heterocycles. The van der Waals surface area contributed by atoms with Gasteiger partial charge in [0.1, 0.15) is 6.04 Å². The zero-order valence-corrected chi connectivity index (χ0v) is 11.0. The van der Waals surface area contributed by atoms with Crippen molar-refractivity contribution in [3.05, 3.63) is 0 Å². The van der Waals surface area contributed by atoms with Crippen molar-refractivity contribution in [2.45, 2.75) is 38.9 Å². The summed E-state index contributed by atoms with van der Waals surface area (Å²) in [6.45, 7) is 3.39. The molecular weight excluding hydrogens is 283 g/mol. The molecule has 0 bridgehead atoms. The molecule has 0 aromatic heterocycles. The number of ether oxygens (including phenoxy) is 1. The van der Waals surface area contributed by atoms with Crippen LogP contribution in [0.4, 0.5) is 13.2 Å². The Balaban J connectivity index is 4.67. The lowest BCUT2D eigenvalue weighted by Gasteiger charge is -2.18. The van der Waals surface area contributed by atoms with Gasteiger partial charge in [0.05, 0.1) is 6.61 Å². The van der Waals surface area contributed by atoms with E-state index in [9.17, 15) is 27.6 Å². The van der Waals surface area contributed by atoms with E-state index < -0.39 is 42.9 Å². The molecule has 2 N–H and O–H groups in total. The van der Waals surface area contributed by atoms with Crippen LogP contribution in [-0.2, 0) is 19.1 Å². The minimum atomic E-state index is -5.15. The van der Waals surface area contributed by atoms with Gasteiger partial charge in [-0.05, 0) is 12.3 Å². The van der Waals surface area contributed by atoms with Gasteiger partial charge in [-0.2, -0.15) is 13.2 Å². The Bertz CT molecular complexity index is 368. The van der Waals surface area contributed by atoms with Crippen molar-refractivity contribution < 1.29 is 37.4 Å². The highest BCUT2D eigenvalue weighted by Crippen LogP contribution is 2.15. The summed E-state index contributed by atoms with van der Waals surface area (Å²) >= 11 is 0. The van der Waals surface area contributed by atoms with Crippen LogP contribution in [-0.4, -0.2) is 41.8 Å². The molecule has 0 aliphatic rings. The van der Waals surface area contributed by atoms with Gasteiger partial charge in [-0.1, -0.05) is 13.8 Å². The summed E-state index contributed by atoms with van der Waals surface area (Å²) in [7, 11) is 0. The maximum atomic E-state index is 12.1. The topological polar surface area (TPSA) is 92.7 Å². The normalized spacial score (nSPS) is 12.9. The number of hydrogen-bond donors (Lipinski definition) is 2. The van der Waals surface area contributed by atoms with Crippen molar-refractivity contribution in [3.63, 3.8) is 0 Å². The third-order valence-electron chi connectivity index (χ3n) is 2.05. The van der Waals surface area contributed by atoms with Crippen LogP contribution in [0, 0.1) is 5.92 Å². The molecule has 6 nitrogen and oxygen atoms in total. The molecule has 0 spiro atoms. The Kier molecular flexibility index (Phi) is 7.01. The van der Waals surface area contributed by atoms with Gasteiger partial charge in [0.2, 0.25) is 0 Å². The molecule has 0 unspecified atom stereocenters. The lowest BCUT2D eigenvalue weighted by molar-refractivity contribution is -0.176. The van der Waals surface area contributed by atoms with Gasteiger partial charge in [-0.25, -0.2) is 4.79 Å². The maximum Gasteiger partial charge on any atom is 0.471 e. The van der Waals surface area contributed by atoms with Crippen molar-refractivity contribution in [2.24, 2.45) is 5.92 Å². The fraction of sp³-hybridized carbons (Fsp3) is 0.727. The van der Waals surface area contributed by atoms with E-state index in [1.807, 2.05) is 0 Å². The van der Waals surface area contributed by atoms with Gasteiger partial charge >= 0.3 is 24.0 Å². The fourth-order valence-electron chi connectivity index (χ4n) is 1.11. The van der Waals surface area contributed by atoms with Crippen LogP contribution in [0.15, 0.2) is 0 Å². The van der Waals surface area contributed by atoms with Crippen LogP contribution in [0.2, 0.25) is 0 Å². The lowest BCUT2D eigenvalue weighted by atomic mass is 10.1. The number of carboxylic acid groups (broad SMARTS) is 1. The molecule has 0 aliphatic heterocycles. The molecule has 9 heteroatoms. The van der Waals surface area contributed by atoms with Crippen molar-refractivity contribution in [1.82, 2.24) is 5.32 Å². The number of halogens is 3. The second-order valence-electron chi connectivity index (χ2n) is 4.48. The predicted molar refractivity (Wildman–Crippen MR) is 60.7 cm³/mol. The highest BCUT2D eigenvalue weighted by atomic mass is 19.4. The number of carbonyl (C=O) groups is 3. The Morgan fingerprint density at radius 3 is 2.20 bits per heavy atom. The molecule has 0 fully saturated rings. The van der Waals surface area contributed by atoms with E-state index in [2.05, 4.69) is 0 Å². The SMILES string of the molecule is CC(C)COC(=O)[C@H](CCC(=O)O)NC(=O)C(F)(F)F. The predicted octanol–water partition coefficient (Wildman–Crippen LogP) is 1.10. The monoisotopic (exact) mass is 299 g/mol. The van der Waals surface area contributed by atoms with Gasteiger partial charge in [0.15, 0.2) is 0 Å². The zero-order valence-electron chi connectivity index (χ0n) is 11.0. The molecule has 1 atom stereocenters. The first kappa shape index (κ1) is 18.2. The first-order chi connectivity index (χ1) is 9.04. The third kappa shape index (κ3) is 7.59. The third-order valence-corrected chi connectivity index (χ3v) is 2.05. The Morgan fingerprint density at radius 2 is 1.80 bits per heavy atom.